The van der Waals surface area contributed by atoms with Crippen molar-refractivity contribution in [2.24, 2.45) is 0 Å². The summed E-state index contributed by atoms with van der Waals surface area (Å²) in [5.41, 5.74) is 7.35. The van der Waals surface area contributed by atoms with Crippen molar-refractivity contribution < 1.29 is 4.74 Å². The monoisotopic (exact) mass is 556 g/mol. The fourth-order valence-electron chi connectivity index (χ4n) is 5.42. The van der Waals surface area contributed by atoms with Crippen molar-refractivity contribution in [1.82, 2.24) is 4.98 Å². The Bertz CT molecular complexity index is 1670. The number of benzene rings is 4. The van der Waals surface area contributed by atoms with E-state index in [-0.39, 0.29) is 0 Å². The number of allylic oxidation sites excluding steroid dienone is 1. The number of hydrogen-bond donors (Lipinski definition) is 0. The van der Waals surface area contributed by atoms with Gasteiger partial charge in [-0.2, -0.15) is 5.26 Å². The van der Waals surface area contributed by atoms with E-state index in [0.717, 1.165) is 65.6 Å². The molecular weight excluding hydrogens is 524 g/mol. The van der Waals surface area contributed by atoms with Gasteiger partial charge in [-0.1, -0.05) is 72.8 Å². The minimum Gasteiger partial charge on any atom is -0.496 e. The van der Waals surface area contributed by atoms with Crippen LogP contribution in [0.15, 0.2) is 97.1 Å². The minimum atomic E-state index is 0.539. The molecule has 0 spiro atoms. The molecule has 6 rings (SSSR count). The quantitative estimate of drug-likeness (QED) is 0.176. The minimum absolute atomic E-state index is 0.539. The van der Waals surface area contributed by atoms with Gasteiger partial charge >= 0.3 is 0 Å². The number of ether oxygens (including phenoxy) is 1. The molecule has 1 aromatic heterocycles. The van der Waals surface area contributed by atoms with Crippen LogP contribution in [0, 0.1) is 11.3 Å². The first-order valence-electron chi connectivity index (χ1n) is 14.0. The van der Waals surface area contributed by atoms with Crippen LogP contribution in [-0.2, 0) is 12.8 Å². The van der Waals surface area contributed by atoms with Gasteiger partial charge in [0.1, 0.15) is 16.8 Å². The van der Waals surface area contributed by atoms with Gasteiger partial charge in [-0.3, -0.25) is 0 Å². The summed E-state index contributed by atoms with van der Waals surface area (Å²) in [7, 11) is 1.70. The Morgan fingerprint density at radius 3 is 2.02 bits per heavy atom. The summed E-state index contributed by atoms with van der Waals surface area (Å²) >= 11 is 1.54. The Morgan fingerprint density at radius 2 is 1.44 bits per heavy atom. The number of hydrogen-bond acceptors (Lipinski definition) is 6. The standard InChI is InChI=1S/C35H32N4OS/c1-40-33-24-32-31(23-28(33)22-29(25-36)35-37-30-14-8-9-15-34(30)41-35)38(18-16-26-10-4-2-5-11-26)20-21-39(32)19-17-27-12-6-3-7-13-27/h2-15,22-24H,16-21H2,1H3/b29-22+. The lowest BCUT2D eigenvalue weighted by atomic mass is 10.0. The van der Waals surface area contributed by atoms with Crippen LogP contribution in [0.1, 0.15) is 21.7 Å². The Morgan fingerprint density at radius 1 is 0.854 bits per heavy atom. The van der Waals surface area contributed by atoms with E-state index in [1.165, 1.54) is 22.5 Å². The largest absolute Gasteiger partial charge is 0.496 e. The summed E-state index contributed by atoms with van der Waals surface area (Å²) in [6.07, 6.45) is 3.87. The third-order valence-electron chi connectivity index (χ3n) is 7.62. The van der Waals surface area contributed by atoms with Crippen LogP contribution < -0.4 is 14.5 Å². The van der Waals surface area contributed by atoms with E-state index in [4.69, 9.17) is 9.72 Å². The average molecular weight is 557 g/mol. The molecule has 0 aliphatic carbocycles. The van der Waals surface area contributed by atoms with Crippen LogP contribution in [0.3, 0.4) is 0 Å². The summed E-state index contributed by atoms with van der Waals surface area (Å²) in [5, 5.41) is 10.9. The molecule has 0 fully saturated rings. The first-order valence-corrected chi connectivity index (χ1v) is 14.8. The predicted molar refractivity (Wildman–Crippen MR) is 171 cm³/mol. The van der Waals surface area contributed by atoms with Crippen molar-refractivity contribution in [3.63, 3.8) is 0 Å². The molecule has 0 atom stereocenters. The van der Waals surface area contributed by atoms with Crippen molar-refractivity contribution in [3.8, 4) is 11.8 Å². The molecule has 0 amide bonds. The highest BCUT2D eigenvalue weighted by Gasteiger charge is 2.25. The molecule has 2 heterocycles. The number of para-hydroxylation sites is 1. The average Bonchev–Trinajstić information content (AvgIpc) is 3.46. The van der Waals surface area contributed by atoms with Gasteiger partial charge < -0.3 is 14.5 Å². The summed E-state index contributed by atoms with van der Waals surface area (Å²) in [6.45, 7) is 3.73. The number of thiazole rings is 1. The van der Waals surface area contributed by atoms with Crippen molar-refractivity contribution in [1.29, 1.82) is 5.26 Å². The fourth-order valence-corrected chi connectivity index (χ4v) is 6.35. The number of methoxy groups -OCH3 is 1. The molecule has 1 aliphatic rings. The lowest BCUT2D eigenvalue weighted by Crippen LogP contribution is -2.42. The molecular formula is C35H32N4OS. The van der Waals surface area contributed by atoms with Gasteiger partial charge in [0, 0.05) is 37.8 Å². The normalized spacial score (nSPS) is 13.2. The Hall–Kier alpha value is -4.60. The Kier molecular flexibility index (Phi) is 7.97. The third kappa shape index (κ3) is 5.96. The van der Waals surface area contributed by atoms with Gasteiger partial charge in [0.2, 0.25) is 0 Å². The van der Waals surface area contributed by atoms with E-state index < -0.39 is 0 Å². The number of rotatable bonds is 9. The molecule has 0 bridgehead atoms. The van der Waals surface area contributed by atoms with Crippen LogP contribution in [-0.4, -0.2) is 38.3 Å². The van der Waals surface area contributed by atoms with E-state index in [2.05, 4.69) is 88.7 Å². The number of aromatic nitrogens is 1. The third-order valence-corrected chi connectivity index (χ3v) is 8.69. The first-order chi connectivity index (χ1) is 20.2. The van der Waals surface area contributed by atoms with Gasteiger partial charge in [0.15, 0.2) is 0 Å². The van der Waals surface area contributed by atoms with E-state index in [1.807, 2.05) is 30.3 Å². The van der Waals surface area contributed by atoms with E-state index >= 15 is 0 Å². The number of nitriles is 1. The highest BCUT2D eigenvalue weighted by atomic mass is 32.1. The molecule has 1 aliphatic heterocycles. The molecule has 0 saturated heterocycles. The molecule has 4 aromatic carbocycles. The van der Waals surface area contributed by atoms with Crippen LogP contribution in [0.2, 0.25) is 0 Å². The molecule has 6 heteroatoms. The van der Waals surface area contributed by atoms with E-state index in [1.54, 1.807) is 18.4 Å². The van der Waals surface area contributed by atoms with Crippen molar-refractivity contribution in [2.45, 2.75) is 12.8 Å². The van der Waals surface area contributed by atoms with Gasteiger partial charge in [-0.05, 0) is 48.2 Å². The molecule has 5 aromatic rings. The molecule has 0 N–H and O–H groups in total. The zero-order valence-electron chi connectivity index (χ0n) is 23.2. The smallest absolute Gasteiger partial charge is 0.135 e. The molecule has 0 radical (unpaired) electrons. The molecule has 204 valence electrons. The number of anilines is 2. The predicted octanol–water partition coefficient (Wildman–Crippen LogP) is 7.48. The zero-order valence-corrected chi connectivity index (χ0v) is 24.0. The van der Waals surface area contributed by atoms with Crippen LogP contribution >= 0.6 is 11.3 Å². The summed E-state index contributed by atoms with van der Waals surface area (Å²) in [4.78, 5) is 9.68. The van der Waals surface area contributed by atoms with Crippen LogP contribution in [0.5, 0.6) is 5.75 Å². The van der Waals surface area contributed by atoms with Crippen molar-refractivity contribution in [3.05, 3.63) is 119 Å². The summed E-state index contributed by atoms with van der Waals surface area (Å²) in [5.74, 6) is 0.757. The summed E-state index contributed by atoms with van der Waals surface area (Å²) < 4.78 is 6.98. The maximum absolute atomic E-state index is 10.1. The van der Waals surface area contributed by atoms with E-state index in [0.29, 0.717) is 5.57 Å². The highest BCUT2D eigenvalue weighted by molar-refractivity contribution is 7.19. The zero-order chi connectivity index (χ0) is 28.0. The second-order valence-corrected chi connectivity index (χ2v) is 11.2. The lowest BCUT2D eigenvalue weighted by molar-refractivity contribution is 0.413. The SMILES string of the molecule is COc1cc2c(cc1/C=C(\C#N)c1nc3ccccc3s1)N(CCc1ccccc1)CCN2CCc1ccccc1. The second kappa shape index (κ2) is 12.3. The van der Waals surface area contributed by atoms with Crippen molar-refractivity contribution >= 4 is 44.6 Å². The molecule has 41 heavy (non-hydrogen) atoms. The van der Waals surface area contributed by atoms with Gasteiger partial charge in [0.05, 0.1) is 34.3 Å². The summed E-state index contributed by atoms with van der Waals surface area (Å²) in [6, 6.07) is 36.0. The van der Waals surface area contributed by atoms with Gasteiger partial charge in [-0.25, -0.2) is 4.98 Å². The van der Waals surface area contributed by atoms with Gasteiger partial charge in [0.25, 0.3) is 0 Å². The highest BCUT2D eigenvalue weighted by Crippen LogP contribution is 2.40. The van der Waals surface area contributed by atoms with Crippen LogP contribution in [0.25, 0.3) is 21.9 Å². The Labute approximate surface area is 245 Å². The second-order valence-electron chi connectivity index (χ2n) is 10.2. The van der Waals surface area contributed by atoms with Crippen LogP contribution in [0.4, 0.5) is 11.4 Å². The maximum atomic E-state index is 10.1. The fraction of sp³-hybridized carbons (Fsp3) is 0.200. The first kappa shape index (κ1) is 26.6. The van der Waals surface area contributed by atoms with Gasteiger partial charge in [-0.15, -0.1) is 11.3 Å². The Balaban J connectivity index is 1.36. The molecule has 0 saturated carbocycles. The molecule has 5 nitrogen and oxygen atoms in total. The number of fused-ring (bicyclic) bond motifs is 2. The topological polar surface area (TPSA) is 52.4 Å². The van der Waals surface area contributed by atoms with Crippen molar-refractivity contribution in [2.75, 3.05) is 43.1 Å². The lowest BCUT2D eigenvalue weighted by Gasteiger charge is -2.39. The molecule has 0 unspecified atom stereocenters. The number of nitrogens with zero attached hydrogens (tertiary/aromatic N) is 4. The van der Waals surface area contributed by atoms with E-state index in [9.17, 15) is 5.26 Å². The maximum Gasteiger partial charge on any atom is 0.135 e.